The van der Waals surface area contributed by atoms with Crippen LogP contribution in [0.15, 0.2) is 18.2 Å². The normalized spacial score (nSPS) is 24.1. The first-order valence-corrected chi connectivity index (χ1v) is 6.47. The lowest BCUT2D eigenvalue weighted by Crippen LogP contribution is -2.39. The SMILES string of the molecule is Cc1cc([N+](=O)[O-])ccc1N1CC(C)CC(C)C1. The van der Waals surface area contributed by atoms with Crippen molar-refractivity contribution in [2.24, 2.45) is 11.8 Å². The highest BCUT2D eigenvalue weighted by molar-refractivity contribution is 5.57. The predicted molar refractivity (Wildman–Crippen MR) is 73.0 cm³/mol. The molecule has 1 saturated heterocycles. The summed E-state index contributed by atoms with van der Waals surface area (Å²) >= 11 is 0. The van der Waals surface area contributed by atoms with Gasteiger partial charge in [-0.05, 0) is 36.8 Å². The number of hydrogen-bond donors (Lipinski definition) is 0. The van der Waals surface area contributed by atoms with E-state index in [1.165, 1.54) is 6.42 Å². The molecule has 1 aromatic rings. The Balaban J connectivity index is 2.25. The highest BCUT2D eigenvalue weighted by atomic mass is 16.6. The Kier molecular flexibility index (Phi) is 3.55. The highest BCUT2D eigenvalue weighted by Gasteiger charge is 2.23. The Labute approximate surface area is 108 Å². The minimum absolute atomic E-state index is 0.175. The van der Waals surface area contributed by atoms with Crippen molar-refractivity contribution in [3.05, 3.63) is 33.9 Å². The molecule has 0 aliphatic carbocycles. The van der Waals surface area contributed by atoms with Crippen molar-refractivity contribution in [1.82, 2.24) is 0 Å². The van der Waals surface area contributed by atoms with Gasteiger partial charge in [-0.1, -0.05) is 13.8 Å². The average Bonchev–Trinajstić information content (AvgIpc) is 2.27. The zero-order valence-corrected chi connectivity index (χ0v) is 11.2. The van der Waals surface area contributed by atoms with Gasteiger partial charge in [0.1, 0.15) is 0 Å². The largest absolute Gasteiger partial charge is 0.371 e. The summed E-state index contributed by atoms with van der Waals surface area (Å²) in [6.45, 7) is 8.57. The number of rotatable bonds is 2. The molecular formula is C14H20N2O2. The van der Waals surface area contributed by atoms with Crippen molar-refractivity contribution >= 4 is 11.4 Å². The number of nitrogens with zero attached hydrogens (tertiary/aromatic N) is 2. The summed E-state index contributed by atoms with van der Waals surface area (Å²) in [5, 5.41) is 10.7. The Morgan fingerprint density at radius 1 is 1.28 bits per heavy atom. The fourth-order valence-corrected chi connectivity index (χ4v) is 2.97. The molecule has 0 N–H and O–H groups in total. The van der Waals surface area contributed by atoms with Gasteiger partial charge in [0.05, 0.1) is 4.92 Å². The van der Waals surface area contributed by atoms with Gasteiger partial charge in [0.15, 0.2) is 0 Å². The first-order chi connectivity index (χ1) is 8.47. The van der Waals surface area contributed by atoms with Crippen LogP contribution in [0, 0.1) is 28.9 Å². The van der Waals surface area contributed by atoms with E-state index in [9.17, 15) is 10.1 Å². The third-order valence-corrected chi connectivity index (χ3v) is 3.60. The maximum atomic E-state index is 10.7. The van der Waals surface area contributed by atoms with Crippen LogP contribution in [0.5, 0.6) is 0 Å². The first kappa shape index (κ1) is 12.9. The molecule has 4 nitrogen and oxygen atoms in total. The second-order valence-corrected chi connectivity index (χ2v) is 5.58. The monoisotopic (exact) mass is 248 g/mol. The van der Waals surface area contributed by atoms with Gasteiger partial charge in [-0.3, -0.25) is 10.1 Å². The number of non-ortho nitro benzene ring substituents is 1. The van der Waals surface area contributed by atoms with E-state index in [0.717, 1.165) is 24.3 Å². The van der Waals surface area contributed by atoms with Gasteiger partial charge in [0.2, 0.25) is 0 Å². The summed E-state index contributed by atoms with van der Waals surface area (Å²) in [5.41, 5.74) is 2.30. The van der Waals surface area contributed by atoms with Crippen molar-refractivity contribution < 1.29 is 4.92 Å². The van der Waals surface area contributed by atoms with Gasteiger partial charge in [-0.2, -0.15) is 0 Å². The molecule has 4 heteroatoms. The summed E-state index contributed by atoms with van der Waals surface area (Å²) in [5.74, 6) is 1.37. The number of nitro benzene ring substituents is 1. The van der Waals surface area contributed by atoms with Crippen LogP contribution in [0.3, 0.4) is 0 Å². The molecule has 2 unspecified atom stereocenters. The summed E-state index contributed by atoms with van der Waals surface area (Å²) in [6, 6.07) is 5.16. The Morgan fingerprint density at radius 3 is 2.39 bits per heavy atom. The van der Waals surface area contributed by atoms with E-state index in [1.54, 1.807) is 12.1 Å². The minimum atomic E-state index is -0.335. The molecule has 98 valence electrons. The molecular weight excluding hydrogens is 228 g/mol. The maximum absolute atomic E-state index is 10.7. The molecule has 0 radical (unpaired) electrons. The van der Waals surface area contributed by atoms with Crippen LogP contribution in [0.2, 0.25) is 0 Å². The minimum Gasteiger partial charge on any atom is -0.371 e. The van der Waals surface area contributed by atoms with E-state index in [1.807, 2.05) is 13.0 Å². The van der Waals surface area contributed by atoms with Crippen LogP contribution in [-0.4, -0.2) is 18.0 Å². The summed E-state index contributed by atoms with van der Waals surface area (Å²) in [4.78, 5) is 12.8. The Bertz CT molecular complexity index is 449. The molecule has 0 aromatic heterocycles. The zero-order chi connectivity index (χ0) is 13.3. The van der Waals surface area contributed by atoms with E-state index in [2.05, 4.69) is 18.7 Å². The second-order valence-electron chi connectivity index (χ2n) is 5.58. The molecule has 1 fully saturated rings. The molecule has 1 aliphatic rings. The van der Waals surface area contributed by atoms with Crippen molar-refractivity contribution in [1.29, 1.82) is 0 Å². The third kappa shape index (κ3) is 2.63. The fourth-order valence-electron chi connectivity index (χ4n) is 2.97. The number of piperidine rings is 1. The van der Waals surface area contributed by atoms with Crippen LogP contribution in [0.4, 0.5) is 11.4 Å². The molecule has 18 heavy (non-hydrogen) atoms. The van der Waals surface area contributed by atoms with Crippen LogP contribution in [0.1, 0.15) is 25.8 Å². The Morgan fingerprint density at radius 2 is 1.89 bits per heavy atom. The lowest BCUT2D eigenvalue weighted by Gasteiger charge is -2.37. The van der Waals surface area contributed by atoms with Gasteiger partial charge in [0, 0.05) is 30.9 Å². The van der Waals surface area contributed by atoms with Crippen LogP contribution in [-0.2, 0) is 0 Å². The lowest BCUT2D eigenvalue weighted by atomic mass is 9.91. The number of nitro groups is 1. The predicted octanol–water partition coefficient (Wildman–Crippen LogP) is 3.39. The van der Waals surface area contributed by atoms with Gasteiger partial charge in [0.25, 0.3) is 5.69 Å². The van der Waals surface area contributed by atoms with Crippen molar-refractivity contribution in [2.75, 3.05) is 18.0 Å². The van der Waals surface area contributed by atoms with Crippen molar-refractivity contribution in [3.8, 4) is 0 Å². The summed E-state index contributed by atoms with van der Waals surface area (Å²) in [7, 11) is 0. The fraction of sp³-hybridized carbons (Fsp3) is 0.571. The molecule has 1 aliphatic heterocycles. The van der Waals surface area contributed by atoms with E-state index in [4.69, 9.17) is 0 Å². The molecule has 1 heterocycles. The third-order valence-electron chi connectivity index (χ3n) is 3.60. The van der Waals surface area contributed by atoms with Gasteiger partial charge < -0.3 is 4.90 Å². The molecule has 0 spiro atoms. The van der Waals surface area contributed by atoms with Gasteiger partial charge >= 0.3 is 0 Å². The molecule has 2 atom stereocenters. The van der Waals surface area contributed by atoms with E-state index in [-0.39, 0.29) is 10.6 Å². The van der Waals surface area contributed by atoms with Gasteiger partial charge in [-0.25, -0.2) is 0 Å². The van der Waals surface area contributed by atoms with Crippen molar-refractivity contribution in [2.45, 2.75) is 27.2 Å². The number of anilines is 1. The van der Waals surface area contributed by atoms with Crippen LogP contribution in [0.25, 0.3) is 0 Å². The van der Waals surface area contributed by atoms with E-state index < -0.39 is 0 Å². The topological polar surface area (TPSA) is 46.4 Å². The summed E-state index contributed by atoms with van der Waals surface area (Å²) in [6.07, 6.45) is 1.27. The molecule has 0 bridgehead atoms. The number of hydrogen-bond acceptors (Lipinski definition) is 3. The second kappa shape index (κ2) is 4.96. The molecule has 1 aromatic carbocycles. The molecule has 0 saturated carbocycles. The van der Waals surface area contributed by atoms with Gasteiger partial charge in [-0.15, -0.1) is 0 Å². The van der Waals surface area contributed by atoms with E-state index in [0.29, 0.717) is 11.8 Å². The average molecular weight is 248 g/mol. The standard InChI is InChI=1S/C14H20N2O2/c1-10-6-11(2)9-15(8-10)14-5-4-13(16(17)18)7-12(14)3/h4-5,7,10-11H,6,8-9H2,1-3H3. The maximum Gasteiger partial charge on any atom is 0.269 e. The highest BCUT2D eigenvalue weighted by Crippen LogP contribution is 2.30. The van der Waals surface area contributed by atoms with Crippen LogP contribution >= 0.6 is 0 Å². The molecule has 2 rings (SSSR count). The van der Waals surface area contributed by atoms with Crippen molar-refractivity contribution in [3.63, 3.8) is 0 Å². The summed E-state index contributed by atoms with van der Waals surface area (Å²) < 4.78 is 0. The first-order valence-electron chi connectivity index (χ1n) is 6.47. The Hall–Kier alpha value is -1.58. The zero-order valence-electron chi connectivity index (χ0n) is 11.2. The number of aryl methyl sites for hydroxylation is 1. The lowest BCUT2D eigenvalue weighted by molar-refractivity contribution is -0.384. The molecule has 0 amide bonds. The number of benzene rings is 1. The quantitative estimate of drug-likeness (QED) is 0.595. The van der Waals surface area contributed by atoms with E-state index >= 15 is 0 Å². The smallest absolute Gasteiger partial charge is 0.269 e. The van der Waals surface area contributed by atoms with Crippen LogP contribution < -0.4 is 4.90 Å².